The molecule has 1 aromatic rings. The number of hydrogen-bond acceptors (Lipinski definition) is 5. The van der Waals surface area contributed by atoms with E-state index in [-0.39, 0.29) is 16.9 Å². The molecule has 1 fully saturated rings. The molecule has 1 aliphatic heterocycles. The number of anilines is 1. The molecule has 6 nitrogen and oxygen atoms in total. The summed E-state index contributed by atoms with van der Waals surface area (Å²) in [6.45, 7) is 5.02. The summed E-state index contributed by atoms with van der Waals surface area (Å²) in [6, 6.07) is 6.10. The van der Waals surface area contributed by atoms with Crippen molar-refractivity contribution in [3.8, 4) is 5.75 Å². The van der Waals surface area contributed by atoms with E-state index in [9.17, 15) is 9.59 Å². The molecular formula is C15H19N3O3S. The number of rotatable bonds is 5. The molecule has 1 saturated heterocycles. The molecule has 0 aliphatic carbocycles. The smallest absolute Gasteiger partial charge is 0.260 e. The van der Waals surface area contributed by atoms with E-state index < -0.39 is 6.04 Å². The van der Waals surface area contributed by atoms with Crippen LogP contribution in [0, 0.1) is 0 Å². The van der Waals surface area contributed by atoms with Crippen molar-refractivity contribution in [2.45, 2.75) is 19.9 Å². The van der Waals surface area contributed by atoms with E-state index in [2.05, 4.69) is 5.32 Å². The van der Waals surface area contributed by atoms with Gasteiger partial charge < -0.3 is 10.1 Å². The summed E-state index contributed by atoms with van der Waals surface area (Å²) in [7, 11) is 1.57. The third kappa shape index (κ3) is 2.95. The summed E-state index contributed by atoms with van der Waals surface area (Å²) < 4.78 is 5.11. The van der Waals surface area contributed by atoms with Crippen LogP contribution in [-0.4, -0.2) is 48.1 Å². The van der Waals surface area contributed by atoms with E-state index in [0.29, 0.717) is 24.5 Å². The van der Waals surface area contributed by atoms with Crippen molar-refractivity contribution in [3.63, 3.8) is 0 Å². The van der Waals surface area contributed by atoms with Crippen molar-refractivity contribution in [1.29, 1.82) is 0 Å². The number of thiocarbonyl (C=S) groups is 1. The number of amides is 2. The minimum absolute atomic E-state index is 0.101. The van der Waals surface area contributed by atoms with Gasteiger partial charge in [0.25, 0.3) is 11.8 Å². The third-order valence-corrected chi connectivity index (χ3v) is 3.93. The maximum absolute atomic E-state index is 12.8. The lowest BCUT2D eigenvalue weighted by molar-refractivity contribution is -0.135. The predicted molar refractivity (Wildman–Crippen MR) is 87.9 cm³/mol. The summed E-state index contributed by atoms with van der Waals surface area (Å²) in [6.07, 6.45) is 0. The molecule has 0 saturated carbocycles. The summed E-state index contributed by atoms with van der Waals surface area (Å²) in [5.41, 5.74) is 0.605. The average Bonchev–Trinajstić information content (AvgIpc) is 2.51. The van der Waals surface area contributed by atoms with Gasteiger partial charge in [-0.15, -0.1) is 0 Å². The van der Waals surface area contributed by atoms with Crippen LogP contribution in [0.25, 0.3) is 0 Å². The Bertz CT molecular complexity index is 584. The fraction of sp³-hybridized carbons (Fsp3) is 0.400. The molecule has 1 aromatic carbocycles. The highest BCUT2D eigenvalue weighted by Crippen LogP contribution is 2.23. The summed E-state index contributed by atoms with van der Waals surface area (Å²) >= 11 is 5.16. The van der Waals surface area contributed by atoms with Gasteiger partial charge in [0.05, 0.1) is 12.8 Å². The monoisotopic (exact) mass is 321 g/mol. The Labute approximate surface area is 135 Å². The molecule has 0 bridgehead atoms. The maximum atomic E-state index is 12.8. The molecule has 1 heterocycles. The molecular weight excluding hydrogens is 302 g/mol. The molecule has 0 radical (unpaired) electrons. The normalized spacial score (nSPS) is 18.6. The molecule has 118 valence electrons. The number of ether oxygens (including phenoxy) is 1. The zero-order valence-corrected chi connectivity index (χ0v) is 13.6. The van der Waals surface area contributed by atoms with Crippen LogP contribution in [-0.2, 0) is 9.59 Å². The second-order valence-corrected chi connectivity index (χ2v) is 5.18. The van der Waals surface area contributed by atoms with E-state index in [0.717, 1.165) is 0 Å². The minimum Gasteiger partial charge on any atom is -0.497 e. The number of methoxy groups -OCH3 is 1. The van der Waals surface area contributed by atoms with Crippen LogP contribution in [0.3, 0.4) is 0 Å². The minimum atomic E-state index is -0.858. The lowest BCUT2D eigenvalue weighted by Crippen LogP contribution is -2.65. The Morgan fingerprint density at radius 3 is 2.32 bits per heavy atom. The number of benzene rings is 1. The van der Waals surface area contributed by atoms with Gasteiger partial charge in [0.15, 0.2) is 11.2 Å². The second kappa shape index (κ2) is 6.85. The molecule has 1 unspecified atom stereocenters. The van der Waals surface area contributed by atoms with Crippen LogP contribution >= 0.6 is 12.2 Å². The van der Waals surface area contributed by atoms with Gasteiger partial charge in [-0.25, -0.2) is 0 Å². The van der Waals surface area contributed by atoms with Crippen LogP contribution in [0.1, 0.15) is 13.8 Å². The lowest BCUT2D eigenvalue weighted by Gasteiger charge is -2.37. The van der Waals surface area contributed by atoms with Gasteiger partial charge in [0, 0.05) is 0 Å². The van der Waals surface area contributed by atoms with Crippen molar-refractivity contribution in [1.82, 2.24) is 10.2 Å². The number of carbonyl (C=O) groups is 2. The average molecular weight is 321 g/mol. The molecule has 1 N–H and O–H groups in total. The van der Waals surface area contributed by atoms with Gasteiger partial charge in [0.1, 0.15) is 5.75 Å². The van der Waals surface area contributed by atoms with Gasteiger partial charge in [-0.3, -0.25) is 19.4 Å². The Morgan fingerprint density at radius 2 is 1.82 bits per heavy atom. The third-order valence-electron chi connectivity index (χ3n) is 3.64. The van der Waals surface area contributed by atoms with E-state index in [1.807, 2.05) is 13.8 Å². The number of nitrogens with zero attached hydrogens (tertiary/aromatic N) is 2. The SMILES string of the molecule is CCN(CC)C1C(=O)NC(=S)N(c2ccc(OC)cc2)C1=O. The summed E-state index contributed by atoms with van der Waals surface area (Å²) in [5, 5.41) is 2.71. The molecule has 0 spiro atoms. The standard InChI is InChI=1S/C15H19N3O3S/c1-4-17(5-2)12-13(19)16-15(22)18(14(12)20)10-6-8-11(21-3)9-7-10/h6-9,12H,4-5H2,1-3H3,(H,16,19,22). The van der Waals surface area contributed by atoms with E-state index >= 15 is 0 Å². The predicted octanol–water partition coefficient (Wildman–Crippen LogP) is 1.15. The Kier molecular flexibility index (Phi) is 5.10. The Hall–Kier alpha value is -1.99. The van der Waals surface area contributed by atoms with Gasteiger partial charge in [-0.05, 0) is 49.6 Å². The van der Waals surface area contributed by atoms with Crippen molar-refractivity contribution in [3.05, 3.63) is 24.3 Å². The van der Waals surface area contributed by atoms with Gasteiger partial charge in [0.2, 0.25) is 0 Å². The highest BCUT2D eigenvalue weighted by molar-refractivity contribution is 7.80. The molecule has 2 amide bonds. The first-order valence-electron chi connectivity index (χ1n) is 7.10. The van der Waals surface area contributed by atoms with Crippen molar-refractivity contribution in [2.24, 2.45) is 0 Å². The molecule has 2 rings (SSSR count). The van der Waals surface area contributed by atoms with Gasteiger partial charge in [-0.2, -0.15) is 0 Å². The quantitative estimate of drug-likeness (QED) is 0.651. The number of nitrogens with one attached hydrogen (secondary N) is 1. The van der Waals surface area contributed by atoms with Crippen molar-refractivity contribution < 1.29 is 14.3 Å². The van der Waals surface area contributed by atoms with Crippen LogP contribution in [0.4, 0.5) is 5.69 Å². The van der Waals surface area contributed by atoms with E-state index in [1.165, 1.54) is 4.90 Å². The molecule has 1 aliphatic rings. The first-order chi connectivity index (χ1) is 10.5. The summed E-state index contributed by atoms with van der Waals surface area (Å²) in [4.78, 5) is 28.1. The van der Waals surface area contributed by atoms with Gasteiger partial charge >= 0.3 is 0 Å². The second-order valence-electron chi connectivity index (χ2n) is 4.79. The number of hydrogen-bond donors (Lipinski definition) is 1. The zero-order chi connectivity index (χ0) is 16.3. The number of carbonyl (C=O) groups excluding carboxylic acids is 2. The summed E-state index contributed by atoms with van der Waals surface area (Å²) in [5.74, 6) is -0.0190. The van der Waals surface area contributed by atoms with Gasteiger partial charge in [-0.1, -0.05) is 13.8 Å². The Balaban J connectivity index is 2.35. The molecule has 7 heteroatoms. The van der Waals surface area contributed by atoms with Crippen LogP contribution in [0.2, 0.25) is 0 Å². The fourth-order valence-electron chi connectivity index (χ4n) is 2.45. The first kappa shape index (κ1) is 16.4. The molecule has 0 aromatic heterocycles. The number of likely N-dealkylation sites (N-methyl/N-ethyl adjacent to an activating group) is 1. The van der Waals surface area contributed by atoms with E-state index in [1.54, 1.807) is 36.3 Å². The van der Waals surface area contributed by atoms with Crippen molar-refractivity contribution in [2.75, 3.05) is 25.1 Å². The largest absolute Gasteiger partial charge is 0.497 e. The van der Waals surface area contributed by atoms with Crippen molar-refractivity contribution >= 4 is 34.8 Å². The highest BCUT2D eigenvalue weighted by Gasteiger charge is 2.41. The highest BCUT2D eigenvalue weighted by atomic mass is 32.1. The fourth-order valence-corrected chi connectivity index (χ4v) is 2.75. The lowest BCUT2D eigenvalue weighted by atomic mass is 10.1. The van der Waals surface area contributed by atoms with Crippen LogP contribution < -0.4 is 15.0 Å². The maximum Gasteiger partial charge on any atom is 0.260 e. The van der Waals surface area contributed by atoms with Crippen LogP contribution in [0.15, 0.2) is 24.3 Å². The Morgan fingerprint density at radius 1 is 1.23 bits per heavy atom. The van der Waals surface area contributed by atoms with E-state index in [4.69, 9.17) is 17.0 Å². The first-order valence-corrected chi connectivity index (χ1v) is 7.51. The molecule has 1 atom stereocenters. The zero-order valence-electron chi connectivity index (χ0n) is 12.8. The topological polar surface area (TPSA) is 61.9 Å². The van der Waals surface area contributed by atoms with Crippen LogP contribution in [0.5, 0.6) is 5.75 Å². The molecule has 22 heavy (non-hydrogen) atoms.